The summed E-state index contributed by atoms with van der Waals surface area (Å²) in [7, 11) is 0. The van der Waals surface area contributed by atoms with Crippen LogP contribution in [-0.2, 0) is 4.79 Å². The highest BCUT2D eigenvalue weighted by Gasteiger charge is 2.37. The average Bonchev–Trinajstić information content (AvgIpc) is 3.15. The maximum Gasteiger partial charge on any atom is 0.320 e. The van der Waals surface area contributed by atoms with Crippen LogP contribution < -0.4 is 10.6 Å². The number of hydrogen-bond donors (Lipinski definition) is 4. The van der Waals surface area contributed by atoms with Gasteiger partial charge in [-0.1, -0.05) is 17.7 Å². The number of nitrogens with zero attached hydrogens (tertiary/aromatic N) is 3. The van der Waals surface area contributed by atoms with Crippen molar-refractivity contribution in [3.63, 3.8) is 0 Å². The lowest BCUT2D eigenvalue weighted by Gasteiger charge is -2.42. The highest BCUT2D eigenvalue weighted by Crippen LogP contribution is 2.39. The maximum absolute atomic E-state index is 11.3. The molecule has 0 bridgehead atoms. The number of aromatic amines is 1. The molecule has 8 nitrogen and oxygen atoms in total. The number of carbonyl (C=O) groups is 1. The third-order valence-corrected chi connectivity index (χ3v) is 5.86. The van der Waals surface area contributed by atoms with Crippen molar-refractivity contribution in [1.82, 2.24) is 25.9 Å². The standard InChI is InChI=1S/C17H21ClN6O2/c18-12-2-1-3-13(15(12)16-21-23-24-22-16)20-11-5-4-9-8-19-14(17(25)26)7-10(9)6-11/h1-3,9-11,14,19-20H,4-8H2,(H,25,26)(H,21,22,23,24)/t9-,10+,11-,14-/m0/s1. The van der Waals surface area contributed by atoms with Gasteiger partial charge in [0.15, 0.2) is 0 Å². The number of piperidine rings is 1. The molecule has 9 heteroatoms. The third-order valence-electron chi connectivity index (χ3n) is 5.55. The van der Waals surface area contributed by atoms with E-state index in [0.717, 1.165) is 37.1 Å². The Hall–Kier alpha value is -2.19. The molecule has 4 rings (SSSR count). The zero-order valence-corrected chi connectivity index (χ0v) is 14.9. The Morgan fingerprint density at radius 1 is 1.27 bits per heavy atom. The largest absolute Gasteiger partial charge is 0.480 e. The van der Waals surface area contributed by atoms with Crippen LogP contribution in [0.5, 0.6) is 0 Å². The lowest BCUT2D eigenvalue weighted by atomic mass is 9.72. The van der Waals surface area contributed by atoms with E-state index >= 15 is 0 Å². The van der Waals surface area contributed by atoms with Gasteiger partial charge in [-0.3, -0.25) is 4.79 Å². The van der Waals surface area contributed by atoms with Crippen LogP contribution >= 0.6 is 11.6 Å². The van der Waals surface area contributed by atoms with Gasteiger partial charge in [0.2, 0.25) is 5.82 Å². The molecule has 4 atom stereocenters. The summed E-state index contributed by atoms with van der Waals surface area (Å²) in [6.45, 7) is 0.791. The molecule has 0 radical (unpaired) electrons. The van der Waals surface area contributed by atoms with Crippen LogP contribution in [0.1, 0.15) is 25.7 Å². The lowest BCUT2D eigenvalue weighted by Crippen LogP contribution is -2.50. The van der Waals surface area contributed by atoms with E-state index in [1.807, 2.05) is 12.1 Å². The van der Waals surface area contributed by atoms with E-state index in [1.54, 1.807) is 6.07 Å². The first-order valence-corrected chi connectivity index (χ1v) is 9.24. The highest BCUT2D eigenvalue weighted by molar-refractivity contribution is 6.33. The SMILES string of the molecule is O=C(O)[C@@H]1C[C@H]2C[C@@H](Nc3cccc(Cl)c3-c3nn[nH]n3)CC[C@H]2CN1. The summed E-state index contributed by atoms with van der Waals surface area (Å²) in [5.74, 6) is 0.670. The van der Waals surface area contributed by atoms with Crippen LogP contribution in [0.3, 0.4) is 0 Å². The number of carboxylic acid groups (broad SMARTS) is 1. The molecule has 1 aliphatic heterocycles. The smallest absolute Gasteiger partial charge is 0.320 e. The molecule has 0 amide bonds. The molecule has 4 N–H and O–H groups in total. The molecule has 1 aromatic carbocycles. The average molecular weight is 377 g/mol. The molecule has 1 aromatic heterocycles. The number of carboxylic acids is 1. The number of rotatable bonds is 4. The molecule has 2 heterocycles. The van der Waals surface area contributed by atoms with Crippen molar-refractivity contribution in [3.05, 3.63) is 23.2 Å². The van der Waals surface area contributed by atoms with Gasteiger partial charge in [-0.05, 0) is 61.4 Å². The second-order valence-electron chi connectivity index (χ2n) is 7.11. The number of tetrazole rings is 1. The molecule has 2 aliphatic rings. The number of fused-ring (bicyclic) bond motifs is 1. The molecule has 1 saturated heterocycles. The molecule has 2 aromatic rings. The van der Waals surface area contributed by atoms with Gasteiger partial charge < -0.3 is 15.7 Å². The highest BCUT2D eigenvalue weighted by atomic mass is 35.5. The monoisotopic (exact) mass is 376 g/mol. The maximum atomic E-state index is 11.3. The van der Waals surface area contributed by atoms with Crippen LogP contribution in [0.2, 0.25) is 5.02 Å². The molecule has 1 saturated carbocycles. The quantitative estimate of drug-likeness (QED) is 0.646. The van der Waals surface area contributed by atoms with Gasteiger partial charge in [0.05, 0.1) is 10.6 Å². The Morgan fingerprint density at radius 3 is 2.92 bits per heavy atom. The first-order chi connectivity index (χ1) is 12.6. The first kappa shape index (κ1) is 17.2. The Balaban J connectivity index is 1.50. The molecule has 138 valence electrons. The molecule has 26 heavy (non-hydrogen) atoms. The minimum atomic E-state index is -0.757. The Kier molecular flexibility index (Phi) is 4.78. The van der Waals surface area contributed by atoms with Gasteiger partial charge in [-0.25, -0.2) is 0 Å². The van der Waals surface area contributed by atoms with Crippen LogP contribution in [0.4, 0.5) is 5.69 Å². The summed E-state index contributed by atoms with van der Waals surface area (Å²) < 4.78 is 0. The van der Waals surface area contributed by atoms with Crippen LogP contribution in [-0.4, -0.2) is 50.3 Å². The van der Waals surface area contributed by atoms with Crippen molar-refractivity contribution >= 4 is 23.3 Å². The lowest BCUT2D eigenvalue weighted by molar-refractivity contribution is -0.141. The van der Waals surface area contributed by atoms with E-state index in [2.05, 4.69) is 31.3 Å². The topological polar surface area (TPSA) is 116 Å². The van der Waals surface area contributed by atoms with Crippen LogP contribution in [0, 0.1) is 11.8 Å². The number of hydrogen-bond acceptors (Lipinski definition) is 6. The van der Waals surface area contributed by atoms with Crippen molar-refractivity contribution < 1.29 is 9.90 Å². The summed E-state index contributed by atoms with van der Waals surface area (Å²) in [5.41, 5.74) is 1.62. The first-order valence-electron chi connectivity index (χ1n) is 8.87. The molecule has 0 unspecified atom stereocenters. The normalized spacial score (nSPS) is 28.3. The number of aromatic nitrogens is 4. The van der Waals surface area contributed by atoms with E-state index < -0.39 is 12.0 Å². The third kappa shape index (κ3) is 3.39. The molecular formula is C17H21ClN6O2. The molecule has 0 spiro atoms. The van der Waals surface area contributed by atoms with Gasteiger partial charge in [-0.2, -0.15) is 5.21 Å². The van der Waals surface area contributed by atoms with Gasteiger partial charge in [-0.15, -0.1) is 10.2 Å². The van der Waals surface area contributed by atoms with E-state index in [4.69, 9.17) is 11.6 Å². The summed E-state index contributed by atoms with van der Waals surface area (Å²) in [6, 6.07) is 5.50. The van der Waals surface area contributed by atoms with Gasteiger partial charge >= 0.3 is 5.97 Å². The Morgan fingerprint density at radius 2 is 2.15 bits per heavy atom. The predicted molar refractivity (Wildman–Crippen MR) is 96.9 cm³/mol. The number of nitrogens with one attached hydrogen (secondary N) is 3. The number of halogens is 1. The Labute approximate surface area is 155 Å². The fraction of sp³-hybridized carbons (Fsp3) is 0.529. The van der Waals surface area contributed by atoms with Crippen LogP contribution in [0.25, 0.3) is 11.4 Å². The van der Waals surface area contributed by atoms with E-state index in [0.29, 0.717) is 29.1 Å². The fourth-order valence-corrected chi connectivity index (χ4v) is 4.50. The second kappa shape index (κ2) is 7.20. The summed E-state index contributed by atoms with van der Waals surface area (Å²) in [6.07, 6.45) is 3.76. The fourth-order valence-electron chi connectivity index (χ4n) is 4.24. The van der Waals surface area contributed by atoms with E-state index in [-0.39, 0.29) is 6.04 Å². The summed E-state index contributed by atoms with van der Waals surface area (Å²) in [5, 5.41) is 30.8. The van der Waals surface area contributed by atoms with E-state index in [9.17, 15) is 9.90 Å². The number of H-pyrrole nitrogens is 1. The predicted octanol–water partition coefficient (Wildman–Crippen LogP) is 2.16. The number of anilines is 1. The van der Waals surface area contributed by atoms with Gasteiger partial charge in [0.25, 0.3) is 0 Å². The van der Waals surface area contributed by atoms with Crippen molar-refractivity contribution in [2.75, 3.05) is 11.9 Å². The molecular weight excluding hydrogens is 356 g/mol. The Bertz CT molecular complexity index is 784. The van der Waals surface area contributed by atoms with Crippen molar-refractivity contribution in [2.24, 2.45) is 11.8 Å². The summed E-state index contributed by atoms with van der Waals surface area (Å²) in [4.78, 5) is 11.3. The number of benzene rings is 1. The number of aliphatic carboxylic acids is 1. The van der Waals surface area contributed by atoms with Gasteiger partial charge in [0, 0.05) is 11.7 Å². The van der Waals surface area contributed by atoms with E-state index in [1.165, 1.54) is 0 Å². The second-order valence-corrected chi connectivity index (χ2v) is 7.51. The minimum absolute atomic E-state index is 0.271. The molecule has 2 fully saturated rings. The zero-order chi connectivity index (χ0) is 18.1. The minimum Gasteiger partial charge on any atom is -0.480 e. The summed E-state index contributed by atoms with van der Waals surface area (Å²) >= 11 is 6.37. The van der Waals surface area contributed by atoms with Crippen LogP contribution in [0.15, 0.2) is 18.2 Å². The van der Waals surface area contributed by atoms with Crippen molar-refractivity contribution in [2.45, 2.75) is 37.8 Å². The van der Waals surface area contributed by atoms with Gasteiger partial charge in [0.1, 0.15) is 6.04 Å². The molecule has 1 aliphatic carbocycles. The van der Waals surface area contributed by atoms with Crippen molar-refractivity contribution in [1.29, 1.82) is 0 Å². The zero-order valence-electron chi connectivity index (χ0n) is 14.2. The van der Waals surface area contributed by atoms with Crippen molar-refractivity contribution in [3.8, 4) is 11.4 Å².